The molecular formula is C12H15NO4S. The van der Waals surface area contributed by atoms with Crippen LogP contribution in [-0.2, 0) is 14.8 Å². The number of carbonyl (C=O) groups excluding carboxylic acids is 1. The van der Waals surface area contributed by atoms with Crippen LogP contribution < -0.4 is 4.72 Å². The summed E-state index contributed by atoms with van der Waals surface area (Å²) in [7, 11) is -3.41. The Bertz CT molecular complexity index is 521. The van der Waals surface area contributed by atoms with E-state index in [1.54, 1.807) is 18.2 Å². The number of nitrogens with one attached hydrogen (secondary N) is 1. The maximum Gasteiger partial charge on any atom is 0.235 e. The van der Waals surface area contributed by atoms with Crippen molar-refractivity contribution in [3.63, 3.8) is 0 Å². The second kappa shape index (κ2) is 5.49. The van der Waals surface area contributed by atoms with E-state index in [4.69, 9.17) is 4.74 Å². The van der Waals surface area contributed by atoms with Crippen molar-refractivity contribution in [1.29, 1.82) is 0 Å². The molecule has 0 aliphatic carbocycles. The summed E-state index contributed by atoms with van der Waals surface area (Å²) in [6.45, 7) is 0.944. The van der Waals surface area contributed by atoms with E-state index in [1.807, 2.05) is 0 Å². The molecule has 1 heterocycles. The highest BCUT2D eigenvalue weighted by Gasteiger charge is 2.27. The van der Waals surface area contributed by atoms with Gasteiger partial charge in [-0.2, -0.15) is 0 Å². The fourth-order valence-corrected chi connectivity index (χ4v) is 3.34. The number of rotatable bonds is 4. The maximum atomic E-state index is 12.1. The summed E-state index contributed by atoms with van der Waals surface area (Å²) in [5.74, 6) is 0. The minimum atomic E-state index is -3.41. The summed E-state index contributed by atoms with van der Waals surface area (Å²) in [5.41, 5.74) is 0.869. The largest absolute Gasteiger partial charge is 0.381 e. The topological polar surface area (TPSA) is 72.5 Å². The lowest BCUT2D eigenvalue weighted by Gasteiger charge is -2.22. The van der Waals surface area contributed by atoms with Crippen molar-refractivity contribution in [3.05, 3.63) is 29.8 Å². The first-order valence-corrected chi connectivity index (χ1v) is 7.31. The predicted octanol–water partition coefficient (Wildman–Crippen LogP) is 1.42. The predicted molar refractivity (Wildman–Crippen MR) is 68.2 cm³/mol. The molecule has 1 aliphatic rings. The molecule has 0 atom stereocenters. The van der Waals surface area contributed by atoms with E-state index < -0.39 is 15.3 Å². The van der Waals surface area contributed by atoms with Crippen LogP contribution in [0.5, 0.6) is 0 Å². The first kappa shape index (κ1) is 13.0. The summed E-state index contributed by atoms with van der Waals surface area (Å²) >= 11 is 0. The summed E-state index contributed by atoms with van der Waals surface area (Å²) < 4.78 is 31.9. The second-order valence-corrected chi connectivity index (χ2v) is 6.16. The van der Waals surface area contributed by atoms with Gasteiger partial charge in [-0.1, -0.05) is 12.1 Å². The molecule has 1 fully saturated rings. The zero-order valence-electron chi connectivity index (χ0n) is 9.83. The average Bonchev–Trinajstić information content (AvgIpc) is 2.39. The van der Waals surface area contributed by atoms with Gasteiger partial charge < -0.3 is 4.74 Å². The van der Waals surface area contributed by atoms with Crippen molar-refractivity contribution >= 4 is 22.0 Å². The molecule has 0 radical (unpaired) electrons. The van der Waals surface area contributed by atoms with Crippen LogP contribution in [0.1, 0.15) is 23.2 Å². The third kappa shape index (κ3) is 3.08. The summed E-state index contributed by atoms with van der Waals surface area (Å²) in [4.78, 5) is 10.6. The zero-order valence-corrected chi connectivity index (χ0v) is 10.7. The average molecular weight is 269 g/mol. The lowest BCUT2D eigenvalue weighted by molar-refractivity contribution is 0.0984. The Labute approximate surface area is 106 Å². The Morgan fingerprint density at radius 3 is 2.67 bits per heavy atom. The van der Waals surface area contributed by atoms with E-state index in [9.17, 15) is 13.2 Å². The fourth-order valence-electron chi connectivity index (χ4n) is 1.91. The maximum absolute atomic E-state index is 12.1. The van der Waals surface area contributed by atoms with Gasteiger partial charge in [0.05, 0.1) is 5.25 Å². The van der Waals surface area contributed by atoms with Crippen molar-refractivity contribution in [2.24, 2.45) is 0 Å². The first-order valence-electron chi connectivity index (χ1n) is 5.76. The Kier molecular flexibility index (Phi) is 3.98. The number of hydrogen-bond donors (Lipinski definition) is 1. The van der Waals surface area contributed by atoms with E-state index in [0.29, 0.717) is 43.6 Å². The fraction of sp³-hybridized carbons (Fsp3) is 0.417. The van der Waals surface area contributed by atoms with Gasteiger partial charge in [0.15, 0.2) is 0 Å². The molecular weight excluding hydrogens is 254 g/mol. The molecule has 0 aromatic heterocycles. The van der Waals surface area contributed by atoms with E-state index in [-0.39, 0.29) is 0 Å². The van der Waals surface area contributed by atoms with Gasteiger partial charge in [-0.05, 0) is 25.0 Å². The Morgan fingerprint density at radius 1 is 1.28 bits per heavy atom. The molecule has 0 saturated carbocycles. The zero-order chi connectivity index (χ0) is 13.0. The molecule has 0 unspecified atom stereocenters. The summed E-state index contributed by atoms with van der Waals surface area (Å²) in [5, 5.41) is -0.425. The van der Waals surface area contributed by atoms with Crippen LogP contribution in [0.25, 0.3) is 0 Å². The van der Waals surface area contributed by atoms with Crippen molar-refractivity contribution in [2.45, 2.75) is 18.1 Å². The Balaban J connectivity index is 2.13. The molecule has 5 nitrogen and oxygen atoms in total. The number of aldehydes is 1. The van der Waals surface area contributed by atoms with Crippen LogP contribution in [0.4, 0.5) is 5.69 Å². The smallest absolute Gasteiger partial charge is 0.235 e. The van der Waals surface area contributed by atoms with Crippen LogP contribution >= 0.6 is 0 Å². The lowest BCUT2D eigenvalue weighted by atomic mass is 10.2. The standard InChI is InChI=1S/C12H15NO4S/c14-9-10-2-1-3-11(8-10)13-18(15,16)12-4-6-17-7-5-12/h1-3,8-9,12-13H,4-7H2. The van der Waals surface area contributed by atoms with Gasteiger partial charge in [-0.25, -0.2) is 8.42 Å². The van der Waals surface area contributed by atoms with E-state index in [2.05, 4.69) is 4.72 Å². The molecule has 1 N–H and O–H groups in total. The molecule has 0 bridgehead atoms. The van der Waals surface area contributed by atoms with Crippen molar-refractivity contribution < 1.29 is 17.9 Å². The van der Waals surface area contributed by atoms with Gasteiger partial charge in [0.25, 0.3) is 0 Å². The minimum absolute atomic E-state index is 0.422. The minimum Gasteiger partial charge on any atom is -0.381 e. The number of hydrogen-bond acceptors (Lipinski definition) is 4. The monoisotopic (exact) mass is 269 g/mol. The normalized spacial score (nSPS) is 17.3. The highest BCUT2D eigenvalue weighted by Crippen LogP contribution is 2.19. The third-order valence-electron chi connectivity index (χ3n) is 2.89. The van der Waals surface area contributed by atoms with Gasteiger partial charge in [0.2, 0.25) is 10.0 Å². The molecule has 6 heteroatoms. The summed E-state index contributed by atoms with van der Waals surface area (Å²) in [6, 6.07) is 6.42. The SMILES string of the molecule is O=Cc1cccc(NS(=O)(=O)C2CCOCC2)c1. The van der Waals surface area contributed by atoms with Crippen LogP contribution in [0.15, 0.2) is 24.3 Å². The van der Waals surface area contributed by atoms with Crippen molar-refractivity contribution in [1.82, 2.24) is 0 Å². The van der Waals surface area contributed by atoms with Crippen LogP contribution in [0.3, 0.4) is 0 Å². The quantitative estimate of drug-likeness (QED) is 0.839. The van der Waals surface area contributed by atoms with Gasteiger partial charge in [0, 0.05) is 24.5 Å². The van der Waals surface area contributed by atoms with Gasteiger partial charge in [-0.15, -0.1) is 0 Å². The molecule has 2 rings (SSSR count). The molecule has 1 aromatic rings. The van der Waals surface area contributed by atoms with Crippen LogP contribution in [0, 0.1) is 0 Å². The third-order valence-corrected chi connectivity index (χ3v) is 4.76. The van der Waals surface area contributed by atoms with Crippen molar-refractivity contribution in [2.75, 3.05) is 17.9 Å². The number of anilines is 1. The number of ether oxygens (including phenoxy) is 1. The lowest BCUT2D eigenvalue weighted by Crippen LogP contribution is -2.33. The summed E-state index contributed by atoms with van der Waals surface area (Å²) in [6.07, 6.45) is 1.69. The molecule has 0 amide bonds. The first-order chi connectivity index (χ1) is 8.62. The second-order valence-electron chi connectivity index (χ2n) is 4.20. The molecule has 1 aliphatic heterocycles. The van der Waals surface area contributed by atoms with E-state index in [0.717, 1.165) is 0 Å². The van der Waals surface area contributed by atoms with Crippen LogP contribution in [-0.4, -0.2) is 33.2 Å². The molecule has 1 saturated heterocycles. The van der Waals surface area contributed by atoms with Crippen molar-refractivity contribution in [3.8, 4) is 0 Å². The number of sulfonamides is 1. The van der Waals surface area contributed by atoms with Gasteiger partial charge in [-0.3, -0.25) is 9.52 Å². The molecule has 1 aromatic carbocycles. The molecule has 18 heavy (non-hydrogen) atoms. The van der Waals surface area contributed by atoms with Gasteiger partial charge in [0.1, 0.15) is 6.29 Å². The Morgan fingerprint density at radius 2 is 2.00 bits per heavy atom. The highest BCUT2D eigenvalue weighted by molar-refractivity contribution is 7.93. The number of benzene rings is 1. The van der Waals surface area contributed by atoms with Crippen LogP contribution in [0.2, 0.25) is 0 Å². The van der Waals surface area contributed by atoms with E-state index in [1.165, 1.54) is 6.07 Å². The van der Waals surface area contributed by atoms with E-state index >= 15 is 0 Å². The number of carbonyl (C=O) groups is 1. The van der Waals surface area contributed by atoms with Gasteiger partial charge >= 0.3 is 0 Å². The molecule has 98 valence electrons. The molecule has 0 spiro atoms. The Hall–Kier alpha value is -1.40. The highest BCUT2D eigenvalue weighted by atomic mass is 32.2.